The highest BCUT2D eigenvalue weighted by atomic mass is 35.5. The average Bonchev–Trinajstić information content (AvgIpc) is 2.94. The van der Waals surface area contributed by atoms with Gasteiger partial charge in [-0.05, 0) is 24.3 Å². The van der Waals surface area contributed by atoms with Crippen molar-refractivity contribution < 1.29 is 22.4 Å². The Kier molecular flexibility index (Phi) is 4.84. The molecule has 2 aromatic heterocycles. The summed E-state index contributed by atoms with van der Waals surface area (Å²) in [7, 11) is -0.865. The van der Waals surface area contributed by atoms with Gasteiger partial charge in [0, 0.05) is 20.3 Å². The van der Waals surface area contributed by atoms with Crippen LogP contribution >= 0.6 is 11.6 Å². The van der Waals surface area contributed by atoms with E-state index < -0.39 is 16.0 Å². The average molecular weight is 345 g/mol. The number of hydrogen-bond acceptors (Lipinski definition) is 6. The number of ether oxygens (including phenoxy) is 1. The summed E-state index contributed by atoms with van der Waals surface area (Å²) in [6.45, 7) is -0.193. The van der Waals surface area contributed by atoms with Gasteiger partial charge in [-0.2, -0.15) is 0 Å². The van der Waals surface area contributed by atoms with Gasteiger partial charge in [0.1, 0.15) is 17.5 Å². The molecule has 0 aliphatic heterocycles. The third-order valence-corrected chi connectivity index (χ3v) is 4.58. The van der Waals surface area contributed by atoms with Crippen molar-refractivity contribution in [3.8, 4) is 0 Å². The maximum atomic E-state index is 11.8. The van der Waals surface area contributed by atoms with Gasteiger partial charge in [0.25, 0.3) is 10.0 Å². The first kappa shape index (κ1) is 16.5. The zero-order valence-electron chi connectivity index (χ0n) is 11.8. The Labute approximate surface area is 132 Å². The van der Waals surface area contributed by atoms with Crippen LogP contribution in [0.15, 0.2) is 40.0 Å². The second-order valence-electron chi connectivity index (χ2n) is 4.45. The van der Waals surface area contributed by atoms with E-state index in [-0.39, 0.29) is 28.2 Å². The number of rotatable bonds is 5. The molecule has 0 N–H and O–H groups in total. The summed E-state index contributed by atoms with van der Waals surface area (Å²) in [5.74, 6) is -0.397. The van der Waals surface area contributed by atoms with E-state index in [4.69, 9.17) is 20.8 Å². The van der Waals surface area contributed by atoms with Gasteiger partial charge in [-0.15, -0.1) is 0 Å². The molecule has 2 rings (SSSR count). The van der Waals surface area contributed by atoms with Crippen LogP contribution in [-0.2, 0) is 21.4 Å². The molecule has 0 amide bonds. The summed E-state index contributed by atoms with van der Waals surface area (Å²) in [4.78, 5) is 15.6. The van der Waals surface area contributed by atoms with Crippen LogP contribution in [0, 0.1) is 0 Å². The fourth-order valence-electron chi connectivity index (χ4n) is 1.50. The Morgan fingerprint density at radius 3 is 2.73 bits per heavy atom. The van der Waals surface area contributed by atoms with E-state index in [1.54, 1.807) is 0 Å². The highest BCUT2D eigenvalue weighted by molar-refractivity contribution is 7.88. The Hall–Kier alpha value is -1.90. The predicted molar refractivity (Wildman–Crippen MR) is 77.9 cm³/mol. The van der Waals surface area contributed by atoms with Crippen molar-refractivity contribution in [1.82, 2.24) is 9.29 Å². The van der Waals surface area contributed by atoms with Crippen molar-refractivity contribution in [2.75, 3.05) is 14.1 Å². The largest absolute Gasteiger partial charge is 0.454 e. The summed E-state index contributed by atoms with van der Waals surface area (Å²) in [6.07, 6.45) is 1.38. The molecule has 0 aromatic carbocycles. The van der Waals surface area contributed by atoms with Gasteiger partial charge in [-0.3, -0.25) is 0 Å². The third kappa shape index (κ3) is 3.65. The maximum absolute atomic E-state index is 11.8. The Morgan fingerprint density at radius 1 is 1.36 bits per heavy atom. The molecule has 0 bridgehead atoms. The van der Waals surface area contributed by atoms with E-state index in [2.05, 4.69) is 4.98 Å². The topological polar surface area (TPSA) is 89.7 Å². The lowest BCUT2D eigenvalue weighted by molar-refractivity contribution is 0.0440. The number of halogens is 1. The van der Waals surface area contributed by atoms with Crippen molar-refractivity contribution in [2.45, 2.75) is 11.7 Å². The highest BCUT2D eigenvalue weighted by Gasteiger charge is 2.21. The van der Waals surface area contributed by atoms with Gasteiger partial charge in [-0.1, -0.05) is 11.6 Å². The second kappa shape index (κ2) is 6.47. The molecule has 2 heterocycles. The van der Waals surface area contributed by atoms with Crippen LogP contribution in [0.4, 0.5) is 0 Å². The first-order valence-corrected chi connectivity index (χ1v) is 7.92. The van der Waals surface area contributed by atoms with E-state index in [0.29, 0.717) is 0 Å². The summed E-state index contributed by atoms with van der Waals surface area (Å²) in [5.41, 5.74) is 0.243. The molecule has 0 saturated carbocycles. The van der Waals surface area contributed by atoms with E-state index >= 15 is 0 Å². The second-order valence-corrected chi connectivity index (χ2v) is 6.92. The first-order chi connectivity index (χ1) is 10.3. The van der Waals surface area contributed by atoms with Crippen molar-refractivity contribution in [3.05, 3.63) is 46.9 Å². The van der Waals surface area contributed by atoms with Crippen LogP contribution in [-0.4, -0.2) is 37.8 Å². The number of pyridine rings is 1. The molecule has 0 radical (unpaired) electrons. The van der Waals surface area contributed by atoms with Gasteiger partial charge in [0.15, 0.2) is 0 Å². The summed E-state index contributed by atoms with van der Waals surface area (Å²) in [5, 5.41) is -0.0395. The molecule has 0 spiro atoms. The van der Waals surface area contributed by atoms with Crippen molar-refractivity contribution >= 4 is 27.6 Å². The van der Waals surface area contributed by atoms with Gasteiger partial charge in [-0.25, -0.2) is 22.5 Å². The minimum Gasteiger partial charge on any atom is -0.454 e. The smallest absolute Gasteiger partial charge is 0.338 e. The normalized spacial score (nSPS) is 11.6. The fourth-order valence-corrected chi connectivity index (χ4v) is 2.49. The summed E-state index contributed by atoms with van der Waals surface area (Å²) >= 11 is 5.68. The molecule has 9 heteroatoms. The quantitative estimate of drug-likeness (QED) is 0.608. The van der Waals surface area contributed by atoms with Crippen molar-refractivity contribution in [1.29, 1.82) is 0 Å². The van der Waals surface area contributed by atoms with Crippen LogP contribution in [0.1, 0.15) is 16.1 Å². The van der Waals surface area contributed by atoms with Crippen LogP contribution in [0.5, 0.6) is 0 Å². The minimum absolute atomic E-state index is 0.173. The molecule has 22 heavy (non-hydrogen) atoms. The molecule has 0 aliphatic carbocycles. The van der Waals surface area contributed by atoms with E-state index in [0.717, 1.165) is 4.31 Å². The zero-order valence-corrected chi connectivity index (χ0v) is 13.4. The number of esters is 1. The number of carbonyl (C=O) groups excluding carboxylic acids is 1. The minimum atomic E-state index is -3.65. The Balaban J connectivity index is 2.04. The Bertz CT molecular complexity index is 785. The van der Waals surface area contributed by atoms with E-state index in [1.165, 1.54) is 44.6 Å². The lowest BCUT2D eigenvalue weighted by Gasteiger charge is -2.07. The lowest BCUT2D eigenvalue weighted by Crippen LogP contribution is -2.21. The molecule has 0 saturated heterocycles. The molecule has 0 unspecified atom stereocenters. The summed E-state index contributed by atoms with van der Waals surface area (Å²) in [6, 6.07) is 5.57. The van der Waals surface area contributed by atoms with Gasteiger partial charge in [0.05, 0.1) is 5.56 Å². The third-order valence-electron chi connectivity index (χ3n) is 2.68. The molecule has 0 fully saturated rings. The van der Waals surface area contributed by atoms with E-state index in [9.17, 15) is 13.2 Å². The van der Waals surface area contributed by atoms with Crippen molar-refractivity contribution in [2.24, 2.45) is 0 Å². The summed E-state index contributed by atoms with van der Waals surface area (Å²) < 4.78 is 34.9. The van der Waals surface area contributed by atoms with Gasteiger partial charge >= 0.3 is 5.97 Å². The number of furan rings is 1. The van der Waals surface area contributed by atoms with Crippen LogP contribution in [0.3, 0.4) is 0 Å². The molecule has 2 aromatic rings. The molecular formula is C13H13ClN2O5S. The predicted octanol–water partition coefficient (Wildman–Crippen LogP) is 1.94. The monoisotopic (exact) mass is 344 g/mol. The maximum Gasteiger partial charge on any atom is 0.338 e. The highest BCUT2D eigenvalue weighted by Crippen LogP contribution is 2.18. The Morgan fingerprint density at radius 2 is 2.09 bits per heavy atom. The number of hydrogen-bond donors (Lipinski definition) is 0. The van der Waals surface area contributed by atoms with Crippen LogP contribution in [0.25, 0.3) is 0 Å². The molecule has 0 aliphatic rings. The number of sulfonamides is 1. The SMILES string of the molecule is CN(C)S(=O)(=O)c1ccc(COC(=O)c2ccnc(Cl)c2)o1. The van der Waals surface area contributed by atoms with Crippen molar-refractivity contribution in [3.63, 3.8) is 0 Å². The fraction of sp³-hybridized carbons (Fsp3) is 0.231. The van der Waals surface area contributed by atoms with Gasteiger partial charge < -0.3 is 9.15 Å². The molecule has 0 atom stereocenters. The lowest BCUT2D eigenvalue weighted by atomic mass is 10.3. The number of nitrogens with zero attached hydrogens (tertiary/aromatic N) is 2. The van der Waals surface area contributed by atoms with Gasteiger partial charge in [0.2, 0.25) is 5.09 Å². The van der Waals surface area contributed by atoms with E-state index in [1.807, 2.05) is 0 Å². The molecule has 118 valence electrons. The number of carbonyl (C=O) groups is 1. The standard InChI is InChI=1S/C13H13ClN2O5S/c1-16(2)22(18,19)12-4-3-10(21-12)8-20-13(17)9-5-6-15-11(14)7-9/h3-7H,8H2,1-2H3. The first-order valence-electron chi connectivity index (χ1n) is 6.10. The molecule has 7 nitrogen and oxygen atoms in total. The zero-order chi connectivity index (χ0) is 16.3. The van der Waals surface area contributed by atoms with Crippen LogP contribution < -0.4 is 0 Å². The van der Waals surface area contributed by atoms with Crippen LogP contribution in [0.2, 0.25) is 5.15 Å². The molecular weight excluding hydrogens is 332 g/mol. The number of aromatic nitrogens is 1.